The smallest absolute Gasteiger partial charge is 0.305 e. The second-order valence-electron chi connectivity index (χ2n) is 16.0. The number of primary amides is 2. The molecule has 63 heavy (non-hydrogen) atoms. The number of nitrogens with two attached hydrogens (primary N) is 4. The van der Waals surface area contributed by atoms with E-state index in [1.54, 1.807) is 40.0 Å². The minimum absolute atomic E-state index is 0.0321. The topological polar surface area (TPSA) is 366 Å². The number of aromatic nitrogens is 1. The first kappa shape index (κ1) is 53.0. The Labute approximate surface area is 367 Å². The van der Waals surface area contributed by atoms with E-state index >= 15 is 0 Å². The number of benzene rings is 1. The predicted octanol–water partition coefficient (Wildman–Crippen LogP) is -1.20. The largest absolute Gasteiger partial charge is 0.481 e. The Bertz CT molecular complexity index is 1890. The van der Waals surface area contributed by atoms with Crippen LogP contribution < -0.4 is 54.8 Å². The Balaban J connectivity index is 2.52. The zero-order valence-electron chi connectivity index (χ0n) is 36.6. The van der Waals surface area contributed by atoms with Gasteiger partial charge in [0.1, 0.15) is 36.3 Å². The molecule has 1 aromatic carbocycles. The summed E-state index contributed by atoms with van der Waals surface area (Å²) in [4.78, 5) is 121. The van der Waals surface area contributed by atoms with Crippen LogP contribution in [0.2, 0.25) is 0 Å². The Morgan fingerprint density at radius 1 is 0.635 bits per heavy atom. The van der Waals surface area contributed by atoms with Crippen LogP contribution in [0.5, 0.6) is 0 Å². The summed E-state index contributed by atoms with van der Waals surface area (Å²) < 4.78 is 0. The minimum atomic E-state index is -1.52. The summed E-state index contributed by atoms with van der Waals surface area (Å²) in [5.41, 5.74) is 23.5. The number of rotatable bonds is 30. The Morgan fingerprint density at radius 3 is 1.70 bits per heavy atom. The molecule has 0 unspecified atom stereocenters. The molecular weight excluding hydrogens is 819 g/mol. The van der Waals surface area contributed by atoms with Crippen molar-refractivity contribution in [1.82, 2.24) is 36.9 Å². The van der Waals surface area contributed by atoms with Gasteiger partial charge < -0.3 is 64.9 Å². The predicted molar refractivity (Wildman–Crippen MR) is 234 cm³/mol. The van der Waals surface area contributed by atoms with Crippen LogP contribution in [-0.2, 0) is 49.6 Å². The number of carbonyl (C=O) groups excluding carboxylic acids is 8. The zero-order chi connectivity index (χ0) is 47.2. The van der Waals surface area contributed by atoms with Gasteiger partial charge in [-0.05, 0) is 75.6 Å². The fourth-order valence-electron chi connectivity index (χ4n) is 6.58. The van der Waals surface area contributed by atoms with Gasteiger partial charge in [-0.3, -0.25) is 43.2 Å². The molecule has 7 atom stereocenters. The van der Waals surface area contributed by atoms with E-state index in [9.17, 15) is 48.3 Å². The highest BCUT2D eigenvalue weighted by molar-refractivity contribution is 5.98. The molecule has 0 aliphatic heterocycles. The maximum Gasteiger partial charge on any atom is 0.305 e. The van der Waals surface area contributed by atoms with Crippen molar-refractivity contribution in [3.63, 3.8) is 0 Å². The highest BCUT2D eigenvalue weighted by Gasteiger charge is 2.35. The average Bonchev–Trinajstić information content (AvgIpc) is 3.64. The van der Waals surface area contributed by atoms with Crippen molar-refractivity contribution in [2.45, 2.75) is 135 Å². The minimum Gasteiger partial charge on any atom is -0.481 e. The van der Waals surface area contributed by atoms with Crippen LogP contribution in [0.15, 0.2) is 30.5 Å². The summed E-state index contributed by atoms with van der Waals surface area (Å²) in [6.07, 6.45) is 2.67. The third kappa shape index (κ3) is 18.0. The van der Waals surface area contributed by atoms with Gasteiger partial charge in [0.25, 0.3) is 0 Å². The van der Waals surface area contributed by atoms with E-state index in [2.05, 4.69) is 36.9 Å². The lowest BCUT2D eigenvalue weighted by Gasteiger charge is -2.29. The second kappa shape index (κ2) is 27.1. The lowest BCUT2D eigenvalue weighted by Crippen LogP contribution is -2.61. The van der Waals surface area contributed by atoms with Gasteiger partial charge in [-0.2, -0.15) is 0 Å². The van der Waals surface area contributed by atoms with Gasteiger partial charge >= 0.3 is 5.97 Å². The fraction of sp³-hybridized carbons (Fsp3) is 0.595. The highest BCUT2D eigenvalue weighted by atomic mass is 16.4. The molecule has 0 fully saturated rings. The molecule has 21 nitrogen and oxygen atoms in total. The highest BCUT2D eigenvalue weighted by Crippen LogP contribution is 2.20. The van der Waals surface area contributed by atoms with Crippen LogP contribution in [-0.4, -0.2) is 113 Å². The summed E-state index contributed by atoms with van der Waals surface area (Å²) in [6, 6.07) is -0.737. The fourth-order valence-corrected chi connectivity index (χ4v) is 6.58. The van der Waals surface area contributed by atoms with Crippen LogP contribution in [0, 0.1) is 11.8 Å². The van der Waals surface area contributed by atoms with E-state index in [1.807, 2.05) is 18.2 Å². The molecular formula is C42H67N11O10. The molecule has 350 valence electrons. The van der Waals surface area contributed by atoms with E-state index in [1.165, 1.54) is 0 Å². The molecule has 0 bridgehead atoms. The number of H-pyrrole nitrogens is 1. The molecule has 2 aromatic rings. The number of hydrogen-bond acceptors (Lipinski definition) is 11. The number of unbranched alkanes of at least 4 members (excludes halogenated alkanes) is 2. The summed E-state index contributed by atoms with van der Waals surface area (Å²) >= 11 is 0. The molecule has 2 rings (SSSR count). The number of aliphatic carboxylic acids is 1. The monoisotopic (exact) mass is 886 g/mol. The normalized spacial score (nSPS) is 14.5. The standard InChI is InChI=1S/C42H67N11O10/c1-5-24(4)35(42(63)50-30(16-17-33(45)54)39(60)48-28(36(46)57)14-8-10-18-43)53-41(62)31(20-25-22-47-27-13-7-6-12-26(25)27)52-38(59)29(15-9-11-19-44)49-40(61)32(21-34(55)56)51-37(58)23(2)3/h6-7,12-13,22-24,28-32,35,47H,5,8-11,14-21,43-44H2,1-4H3,(H2,45,54)(H2,46,57)(H,48,60)(H,49,61)(H,50,63)(H,51,58)(H,52,59)(H,53,62)(H,55,56)/t24-,28-,29-,30-,31-,32-,35-/m0/s1. The molecule has 8 amide bonds. The quantitative estimate of drug-likeness (QED) is 0.0412. The van der Waals surface area contributed by atoms with Crippen molar-refractivity contribution in [2.75, 3.05) is 13.1 Å². The Morgan fingerprint density at radius 2 is 1.14 bits per heavy atom. The van der Waals surface area contributed by atoms with Crippen molar-refractivity contribution in [2.24, 2.45) is 34.8 Å². The first-order chi connectivity index (χ1) is 29.8. The number of nitrogens with one attached hydrogen (secondary N) is 7. The van der Waals surface area contributed by atoms with E-state index in [0.29, 0.717) is 44.2 Å². The number of fused-ring (bicyclic) bond motifs is 1. The van der Waals surface area contributed by atoms with E-state index in [4.69, 9.17) is 22.9 Å². The molecule has 0 saturated heterocycles. The number of aromatic amines is 1. The van der Waals surface area contributed by atoms with E-state index < -0.39 is 108 Å². The lowest BCUT2D eigenvalue weighted by molar-refractivity contribution is -0.141. The van der Waals surface area contributed by atoms with Gasteiger partial charge in [0.2, 0.25) is 47.3 Å². The van der Waals surface area contributed by atoms with Crippen LogP contribution in [0.25, 0.3) is 10.9 Å². The first-order valence-electron chi connectivity index (χ1n) is 21.4. The summed E-state index contributed by atoms with van der Waals surface area (Å²) in [5.74, 6) is -8.81. The summed E-state index contributed by atoms with van der Waals surface area (Å²) in [5, 5.41) is 25.8. The van der Waals surface area contributed by atoms with Crippen molar-refractivity contribution in [3.8, 4) is 0 Å². The van der Waals surface area contributed by atoms with Gasteiger partial charge in [-0.25, -0.2) is 0 Å². The van der Waals surface area contributed by atoms with Gasteiger partial charge in [-0.1, -0.05) is 52.3 Å². The van der Waals surface area contributed by atoms with Crippen molar-refractivity contribution >= 4 is 64.1 Å². The molecule has 16 N–H and O–H groups in total. The van der Waals surface area contributed by atoms with Gasteiger partial charge in [0, 0.05) is 35.9 Å². The van der Waals surface area contributed by atoms with Crippen molar-refractivity contribution < 1.29 is 48.3 Å². The SMILES string of the molecule is CC[C@H](C)[C@H](NC(=O)[C@H](Cc1c[nH]c2ccccc12)NC(=O)[C@H](CCCCN)NC(=O)[C@H](CC(=O)O)NC(=O)C(C)C)C(=O)N[C@@H](CCC(N)=O)C(=O)N[C@@H](CCCCN)C(N)=O. The van der Waals surface area contributed by atoms with Crippen LogP contribution in [0.3, 0.4) is 0 Å². The number of amides is 8. The van der Waals surface area contributed by atoms with E-state index in [-0.39, 0.29) is 38.6 Å². The van der Waals surface area contributed by atoms with Crippen LogP contribution in [0.4, 0.5) is 0 Å². The first-order valence-corrected chi connectivity index (χ1v) is 21.4. The number of carboxylic acids is 1. The van der Waals surface area contributed by atoms with Gasteiger partial charge in [0.15, 0.2) is 0 Å². The maximum atomic E-state index is 14.4. The molecule has 0 aliphatic rings. The van der Waals surface area contributed by atoms with Crippen molar-refractivity contribution in [1.29, 1.82) is 0 Å². The van der Waals surface area contributed by atoms with Crippen LogP contribution >= 0.6 is 0 Å². The average molecular weight is 886 g/mol. The zero-order valence-corrected chi connectivity index (χ0v) is 36.6. The number of carboxylic acid groups (broad SMARTS) is 1. The Hall–Kier alpha value is -6.09. The van der Waals surface area contributed by atoms with Gasteiger partial charge in [0.05, 0.1) is 6.42 Å². The number of hydrogen-bond donors (Lipinski definition) is 12. The van der Waals surface area contributed by atoms with Crippen molar-refractivity contribution in [3.05, 3.63) is 36.0 Å². The molecule has 0 spiro atoms. The summed E-state index contributed by atoms with van der Waals surface area (Å²) in [6.45, 7) is 7.21. The summed E-state index contributed by atoms with van der Waals surface area (Å²) in [7, 11) is 0. The molecule has 1 heterocycles. The van der Waals surface area contributed by atoms with Crippen LogP contribution in [0.1, 0.15) is 97.5 Å². The molecule has 0 aliphatic carbocycles. The third-order valence-electron chi connectivity index (χ3n) is 10.6. The maximum absolute atomic E-state index is 14.4. The molecule has 21 heteroatoms. The Kier molecular flexibility index (Phi) is 22.8. The molecule has 0 radical (unpaired) electrons. The molecule has 1 aromatic heterocycles. The number of para-hydroxylation sites is 1. The second-order valence-corrected chi connectivity index (χ2v) is 16.0. The number of carbonyl (C=O) groups is 9. The van der Waals surface area contributed by atoms with Gasteiger partial charge in [-0.15, -0.1) is 0 Å². The van der Waals surface area contributed by atoms with E-state index in [0.717, 1.165) is 10.9 Å². The molecule has 0 saturated carbocycles. The third-order valence-corrected chi connectivity index (χ3v) is 10.6. The lowest BCUT2D eigenvalue weighted by atomic mass is 9.96.